The SMILES string of the molecule is O=C(Nc1ccc(N2CCCCCCC2)cc1)N(C[C@H]1CC[C@H](CN(C(=O)Nc2ccc(N3CCCCCCC3)cc2)C2CCCCC2)CC1)C1CCCCC1. The average molecular weight is 767 g/mol. The van der Waals surface area contributed by atoms with Gasteiger partial charge in [0.05, 0.1) is 0 Å². The van der Waals surface area contributed by atoms with Crippen LogP contribution in [0.5, 0.6) is 0 Å². The van der Waals surface area contributed by atoms with E-state index < -0.39 is 0 Å². The van der Waals surface area contributed by atoms with Gasteiger partial charge in [0.1, 0.15) is 0 Å². The molecule has 308 valence electrons. The van der Waals surface area contributed by atoms with Gasteiger partial charge in [-0.25, -0.2) is 9.59 Å². The van der Waals surface area contributed by atoms with E-state index in [9.17, 15) is 9.59 Å². The molecule has 8 nitrogen and oxygen atoms in total. The summed E-state index contributed by atoms with van der Waals surface area (Å²) in [6, 6.07) is 18.1. The van der Waals surface area contributed by atoms with Crippen molar-refractivity contribution in [2.24, 2.45) is 11.8 Å². The Kier molecular flexibility index (Phi) is 15.6. The maximum Gasteiger partial charge on any atom is 0.322 e. The van der Waals surface area contributed by atoms with Gasteiger partial charge >= 0.3 is 12.1 Å². The van der Waals surface area contributed by atoms with Gasteiger partial charge in [-0.2, -0.15) is 0 Å². The number of rotatable bonds is 10. The summed E-state index contributed by atoms with van der Waals surface area (Å²) in [5.41, 5.74) is 4.36. The summed E-state index contributed by atoms with van der Waals surface area (Å²) in [5, 5.41) is 6.65. The van der Waals surface area contributed by atoms with E-state index in [1.54, 1.807) is 0 Å². The number of nitrogens with zero attached hydrogens (tertiary/aromatic N) is 4. The maximum atomic E-state index is 14.0. The van der Waals surface area contributed by atoms with E-state index in [1.807, 2.05) is 0 Å². The molecule has 2 N–H and O–H groups in total. The minimum atomic E-state index is 0.0769. The number of carbonyl (C=O) groups is 2. The molecule has 5 aliphatic rings. The van der Waals surface area contributed by atoms with E-state index in [2.05, 4.69) is 78.8 Å². The Morgan fingerprint density at radius 1 is 0.429 bits per heavy atom. The molecule has 5 fully saturated rings. The van der Waals surface area contributed by atoms with Gasteiger partial charge in [0.25, 0.3) is 0 Å². The molecule has 2 aromatic rings. The number of anilines is 4. The zero-order valence-corrected chi connectivity index (χ0v) is 34.7. The highest BCUT2D eigenvalue weighted by Gasteiger charge is 2.33. The van der Waals surface area contributed by atoms with Gasteiger partial charge in [0, 0.05) is 74.1 Å². The van der Waals surface area contributed by atoms with Crippen LogP contribution in [-0.2, 0) is 0 Å². The fourth-order valence-corrected chi connectivity index (χ4v) is 10.6. The van der Waals surface area contributed by atoms with Crippen LogP contribution in [0.3, 0.4) is 0 Å². The largest absolute Gasteiger partial charge is 0.372 e. The van der Waals surface area contributed by atoms with Crippen molar-refractivity contribution >= 4 is 34.8 Å². The molecular formula is C48H74N6O2. The summed E-state index contributed by atoms with van der Waals surface area (Å²) < 4.78 is 0. The summed E-state index contributed by atoms with van der Waals surface area (Å²) in [6.45, 7) is 6.20. The summed E-state index contributed by atoms with van der Waals surface area (Å²) in [7, 11) is 0. The Labute approximate surface area is 339 Å². The minimum Gasteiger partial charge on any atom is -0.372 e. The summed E-state index contributed by atoms with van der Waals surface area (Å²) in [5.74, 6) is 1.02. The molecule has 2 aromatic carbocycles. The summed E-state index contributed by atoms with van der Waals surface area (Å²) in [6.07, 6.45) is 29.5. The van der Waals surface area contributed by atoms with Crippen LogP contribution in [0.1, 0.15) is 154 Å². The van der Waals surface area contributed by atoms with E-state index in [4.69, 9.17) is 0 Å². The quantitative estimate of drug-likeness (QED) is 0.253. The molecule has 56 heavy (non-hydrogen) atoms. The first kappa shape index (κ1) is 40.8. The second-order valence-electron chi connectivity index (χ2n) is 18.2. The highest BCUT2D eigenvalue weighted by Crippen LogP contribution is 2.34. The Balaban J connectivity index is 0.932. The number of amides is 4. The Morgan fingerprint density at radius 3 is 1.07 bits per heavy atom. The predicted octanol–water partition coefficient (Wildman–Crippen LogP) is 12.1. The maximum absolute atomic E-state index is 14.0. The van der Waals surface area contributed by atoms with Crippen LogP contribution in [0.15, 0.2) is 48.5 Å². The van der Waals surface area contributed by atoms with Gasteiger partial charge in [-0.15, -0.1) is 0 Å². The molecule has 3 saturated carbocycles. The molecule has 0 radical (unpaired) electrons. The molecule has 2 aliphatic heterocycles. The topological polar surface area (TPSA) is 71.2 Å². The van der Waals surface area contributed by atoms with E-state index in [0.29, 0.717) is 23.9 Å². The van der Waals surface area contributed by atoms with Crippen molar-refractivity contribution in [3.05, 3.63) is 48.5 Å². The summed E-state index contributed by atoms with van der Waals surface area (Å²) in [4.78, 5) is 37.6. The van der Waals surface area contributed by atoms with Crippen LogP contribution in [0.25, 0.3) is 0 Å². The number of hydrogen-bond donors (Lipinski definition) is 2. The zero-order valence-electron chi connectivity index (χ0n) is 34.7. The Morgan fingerprint density at radius 2 is 0.732 bits per heavy atom. The highest BCUT2D eigenvalue weighted by atomic mass is 16.2. The molecule has 0 spiro atoms. The van der Waals surface area contributed by atoms with Gasteiger partial charge in [-0.3, -0.25) is 0 Å². The lowest BCUT2D eigenvalue weighted by molar-refractivity contribution is 0.117. The monoisotopic (exact) mass is 767 g/mol. The van der Waals surface area contributed by atoms with Crippen molar-refractivity contribution in [1.29, 1.82) is 0 Å². The molecule has 7 rings (SSSR count). The van der Waals surface area contributed by atoms with E-state index in [0.717, 1.165) is 102 Å². The first-order chi connectivity index (χ1) is 27.6. The fourth-order valence-electron chi connectivity index (χ4n) is 10.6. The minimum absolute atomic E-state index is 0.0769. The first-order valence-electron chi connectivity index (χ1n) is 23.4. The van der Waals surface area contributed by atoms with Crippen molar-refractivity contribution in [2.45, 2.75) is 166 Å². The van der Waals surface area contributed by atoms with Crippen LogP contribution in [0.2, 0.25) is 0 Å². The van der Waals surface area contributed by atoms with Crippen molar-refractivity contribution in [3.8, 4) is 0 Å². The van der Waals surface area contributed by atoms with Gasteiger partial charge in [-0.1, -0.05) is 77.0 Å². The molecule has 0 aromatic heterocycles. The Hall–Kier alpha value is -3.42. The number of hydrogen-bond acceptors (Lipinski definition) is 4. The lowest BCUT2D eigenvalue weighted by Crippen LogP contribution is -2.48. The third-order valence-electron chi connectivity index (χ3n) is 14.1. The van der Waals surface area contributed by atoms with E-state index >= 15 is 0 Å². The summed E-state index contributed by atoms with van der Waals surface area (Å²) >= 11 is 0. The van der Waals surface area contributed by atoms with Crippen LogP contribution >= 0.6 is 0 Å². The van der Waals surface area contributed by atoms with Crippen LogP contribution in [0.4, 0.5) is 32.3 Å². The predicted molar refractivity (Wildman–Crippen MR) is 234 cm³/mol. The molecule has 0 unspecified atom stereocenters. The number of urea groups is 2. The van der Waals surface area contributed by atoms with Gasteiger partial charge < -0.3 is 30.2 Å². The molecule has 4 amide bonds. The van der Waals surface area contributed by atoms with E-state index in [-0.39, 0.29) is 12.1 Å². The molecular weight excluding hydrogens is 693 g/mol. The van der Waals surface area contributed by atoms with Crippen molar-refractivity contribution in [3.63, 3.8) is 0 Å². The Bertz CT molecular complexity index is 1330. The second-order valence-corrected chi connectivity index (χ2v) is 18.2. The third kappa shape index (κ3) is 11.8. The second kappa shape index (κ2) is 21.4. The van der Waals surface area contributed by atoms with Gasteiger partial charge in [0.15, 0.2) is 0 Å². The fraction of sp³-hybridized carbons (Fsp3) is 0.708. The average Bonchev–Trinajstić information content (AvgIpc) is 3.21. The van der Waals surface area contributed by atoms with Gasteiger partial charge in [-0.05, 0) is 137 Å². The normalized spacial score (nSPS) is 23.6. The molecule has 0 atom stereocenters. The smallest absolute Gasteiger partial charge is 0.322 e. The van der Waals surface area contributed by atoms with Crippen LogP contribution in [-0.4, -0.2) is 73.2 Å². The van der Waals surface area contributed by atoms with Crippen LogP contribution < -0.4 is 20.4 Å². The standard InChI is InChI=1S/C48H74N6O2/c55-47(49-41-25-29-43(30-26-41)51-33-13-3-1-4-14-34-51)53(45-17-9-7-10-18-45)37-39-21-23-40(24-22-39)38-54(46-19-11-8-12-20-46)48(56)50-42-27-31-44(32-28-42)52-35-15-5-2-6-16-36-52/h25-32,39-40,45-46H,1-24,33-38H2,(H,49,55)(H,50,56)/t39-,40-. The van der Waals surface area contributed by atoms with Crippen molar-refractivity contribution in [1.82, 2.24) is 9.80 Å². The lowest BCUT2D eigenvalue weighted by Gasteiger charge is -2.40. The lowest BCUT2D eigenvalue weighted by atomic mass is 9.80. The number of carbonyl (C=O) groups excluding carboxylic acids is 2. The van der Waals surface area contributed by atoms with E-state index in [1.165, 1.54) is 114 Å². The zero-order chi connectivity index (χ0) is 38.4. The molecule has 8 heteroatoms. The molecule has 0 bridgehead atoms. The molecule has 2 heterocycles. The third-order valence-corrected chi connectivity index (χ3v) is 14.1. The van der Waals surface area contributed by atoms with Crippen molar-refractivity contribution in [2.75, 3.05) is 59.7 Å². The molecule has 2 saturated heterocycles. The van der Waals surface area contributed by atoms with Crippen molar-refractivity contribution < 1.29 is 9.59 Å². The molecule has 3 aliphatic carbocycles. The van der Waals surface area contributed by atoms with Gasteiger partial charge in [0.2, 0.25) is 0 Å². The van der Waals surface area contributed by atoms with Crippen LogP contribution in [0, 0.1) is 11.8 Å². The number of benzene rings is 2. The first-order valence-corrected chi connectivity index (χ1v) is 23.4. The number of nitrogens with one attached hydrogen (secondary N) is 2. The highest BCUT2D eigenvalue weighted by molar-refractivity contribution is 5.90.